The van der Waals surface area contributed by atoms with Gasteiger partial charge in [-0.25, -0.2) is 19.2 Å². The minimum Gasteiger partial charge on any atom is -0.288 e. The molecule has 172 valence electrons. The standard InChI is InChI=1S/C20H16F5N7O/c1-11-5-3-4-6-13(11)9-31-10-26-18(30-31)28-17(33)14-8-16-27-12(2)7-15(32(16)29-14)19(21,22)20(23,24)25/h3-8,10H,9H2,1-2H3,(H,28,30,33). The number of hydrogen-bond acceptors (Lipinski definition) is 5. The molecule has 1 amide bonds. The number of fused-ring (bicyclic) bond motifs is 1. The maximum atomic E-state index is 14.0. The number of nitrogens with one attached hydrogen (secondary N) is 1. The summed E-state index contributed by atoms with van der Waals surface area (Å²) >= 11 is 0. The molecule has 0 unspecified atom stereocenters. The van der Waals surface area contributed by atoms with E-state index in [0.29, 0.717) is 17.1 Å². The van der Waals surface area contributed by atoms with Crippen molar-refractivity contribution in [3.63, 3.8) is 0 Å². The Labute approximate surface area is 183 Å². The van der Waals surface area contributed by atoms with E-state index in [9.17, 15) is 26.7 Å². The fourth-order valence-electron chi connectivity index (χ4n) is 3.14. The van der Waals surface area contributed by atoms with Crippen LogP contribution in [0.25, 0.3) is 5.65 Å². The van der Waals surface area contributed by atoms with E-state index in [4.69, 9.17) is 0 Å². The van der Waals surface area contributed by atoms with Crippen molar-refractivity contribution in [2.75, 3.05) is 5.32 Å². The number of nitrogens with zero attached hydrogens (tertiary/aromatic N) is 6. The second-order valence-electron chi connectivity index (χ2n) is 7.30. The van der Waals surface area contributed by atoms with E-state index in [2.05, 4.69) is 25.5 Å². The van der Waals surface area contributed by atoms with Crippen LogP contribution >= 0.6 is 0 Å². The fourth-order valence-corrected chi connectivity index (χ4v) is 3.14. The summed E-state index contributed by atoms with van der Waals surface area (Å²) < 4.78 is 68.5. The van der Waals surface area contributed by atoms with Crippen LogP contribution in [-0.4, -0.2) is 41.4 Å². The molecular weight excluding hydrogens is 449 g/mol. The molecule has 0 aliphatic heterocycles. The Morgan fingerprint density at radius 1 is 1.06 bits per heavy atom. The average molecular weight is 465 g/mol. The van der Waals surface area contributed by atoms with Gasteiger partial charge in [-0.2, -0.15) is 27.1 Å². The van der Waals surface area contributed by atoms with Crippen LogP contribution < -0.4 is 5.32 Å². The van der Waals surface area contributed by atoms with E-state index >= 15 is 0 Å². The zero-order chi connectivity index (χ0) is 24.0. The molecule has 4 aromatic rings. The first-order valence-electron chi connectivity index (χ1n) is 9.53. The molecule has 0 atom stereocenters. The Morgan fingerprint density at radius 2 is 1.79 bits per heavy atom. The highest BCUT2D eigenvalue weighted by Gasteiger charge is 2.60. The third kappa shape index (κ3) is 4.25. The van der Waals surface area contributed by atoms with Crippen LogP contribution in [-0.2, 0) is 12.5 Å². The highest BCUT2D eigenvalue weighted by atomic mass is 19.4. The first-order valence-corrected chi connectivity index (χ1v) is 9.53. The smallest absolute Gasteiger partial charge is 0.288 e. The second kappa shape index (κ2) is 7.90. The molecule has 1 N–H and O–H groups in total. The zero-order valence-electron chi connectivity index (χ0n) is 17.2. The van der Waals surface area contributed by atoms with Gasteiger partial charge in [0.2, 0.25) is 5.95 Å². The van der Waals surface area contributed by atoms with Crippen LogP contribution in [0.2, 0.25) is 0 Å². The van der Waals surface area contributed by atoms with Crippen LogP contribution in [0.15, 0.2) is 42.7 Å². The highest BCUT2D eigenvalue weighted by molar-refractivity contribution is 6.02. The average Bonchev–Trinajstić information content (AvgIpc) is 3.35. The lowest BCUT2D eigenvalue weighted by Crippen LogP contribution is -2.36. The van der Waals surface area contributed by atoms with Crippen molar-refractivity contribution >= 4 is 17.5 Å². The first-order chi connectivity index (χ1) is 15.5. The second-order valence-corrected chi connectivity index (χ2v) is 7.30. The molecule has 33 heavy (non-hydrogen) atoms. The van der Waals surface area contributed by atoms with Crippen LogP contribution in [0.1, 0.15) is 33.0 Å². The Kier molecular flexibility index (Phi) is 5.34. The SMILES string of the molecule is Cc1cc(C(F)(F)C(F)(F)F)n2nc(C(=O)Nc3ncn(Cc4ccccc4C)n3)cc2n1. The molecule has 13 heteroatoms. The predicted molar refractivity (Wildman–Crippen MR) is 106 cm³/mol. The molecule has 4 rings (SSSR count). The van der Waals surface area contributed by atoms with E-state index in [0.717, 1.165) is 17.2 Å². The van der Waals surface area contributed by atoms with Gasteiger partial charge in [0.05, 0.1) is 6.54 Å². The molecule has 0 aliphatic carbocycles. The molecule has 0 fully saturated rings. The van der Waals surface area contributed by atoms with Crippen molar-refractivity contribution in [1.82, 2.24) is 29.4 Å². The number of rotatable bonds is 5. The molecule has 3 heterocycles. The summed E-state index contributed by atoms with van der Waals surface area (Å²) in [6, 6.07) is 9.19. The van der Waals surface area contributed by atoms with Gasteiger partial charge in [0, 0.05) is 11.8 Å². The van der Waals surface area contributed by atoms with Crippen molar-refractivity contribution in [3.8, 4) is 0 Å². The van der Waals surface area contributed by atoms with Crippen molar-refractivity contribution in [2.45, 2.75) is 32.5 Å². The summed E-state index contributed by atoms with van der Waals surface area (Å²) in [5.41, 5.74) is -0.278. The molecule has 0 radical (unpaired) electrons. The van der Waals surface area contributed by atoms with Gasteiger partial charge in [-0.05, 0) is 31.0 Å². The van der Waals surface area contributed by atoms with E-state index in [1.165, 1.54) is 17.9 Å². The summed E-state index contributed by atoms with van der Waals surface area (Å²) in [5.74, 6) is -6.18. The topological polar surface area (TPSA) is 90.0 Å². The zero-order valence-corrected chi connectivity index (χ0v) is 17.2. The quantitative estimate of drug-likeness (QED) is 0.452. The number of alkyl halides is 5. The van der Waals surface area contributed by atoms with Crippen LogP contribution in [0.3, 0.4) is 0 Å². The Hall–Kier alpha value is -3.90. The number of amides is 1. The molecule has 0 bridgehead atoms. The van der Waals surface area contributed by atoms with Crippen molar-refractivity contribution < 1.29 is 26.7 Å². The number of carbonyl (C=O) groups excluding carboxylic acids is 1. The molecule has 0 saturated heterocycles. The monoisotopic (exact) mass is 465 g/mol. The van der Waals surface area contributed by atoms with Crippen LogP contribution in [0.5, 0.6) is 0 Å². The largest absolute Gasteiger partial charge is 0.459 e. The third-order valence-corrected chi connectivity index (χ3v) is 4.82. The number of aromatic nitrogens is 6. The Bertz CT molecular complexity index is 1340. The van der Waals surface area contributed by atoms with Gasteiger partial charge in [-0.15, -0.1) is 5.10 Å². The van der Waals surface area contributed by atoms with Crippen molar-refractivity contribution in [2.24, 2.45) is 0 Å². The molecule has 1 aromatic carbocycles. The number of halogens is 5. The minimum absolute atomic E-state index is 0.0874. The number of anilines is 1. The van der Waals surface area contributed by atoms with Crippen molar-refractivity contribution in [1.29, 1.82) is 0 Å². The minimum atomic E-state index is -5.85. The van der Waals surface area contributed by atoms with E-state index < -0.39 is 29.4 Å². The van der Waals surface area contributed by atoms with E-state index in [1.54, 1.807) is 0 Å². The highest BCUT2D eigenvalue weighted by Crippen LogP contribution is 2.43. The summed E-state index contributed by atoms with van der Waals surface area (Å²) in [6.07, 6.45) is -4.46. The lowest BCUT2D eigenvalue weighted by atomic mass is 10.1. The number of aryl methyl sites for hydroxylation is 2. The molecule has 0 saturated carbocycles. The normalized spacial score (nSPS) is 12.3. The number of benzene rings is 1. The summed E-state index contributed by atoms with van der Waals surface area (Å²) in [4.78, 5) is 20.4. The van der Waals surface area contributed by atoms with E-state index in [1.807, 2.05) is 31.2 Å². The van der Waals surface area contributed by atoms with Gasteiger partial charge >= 0.3 is 12.1 Å². The molecule has 0 aliphatic rings. The fraction of sp³-hybridized carbons (Fsp3) is 0.250. The maximum Gasteiger partial charge on any atom is 0.459 e. The predicted octanol–water partition coefficient (Wildman–Crippen LogP) is 3.89. The van der Waals surface area contributed by atoms with Crippen molar-refractivity contribution in [3.05, 3.63) is 70.9 Å². The van der Waals surface area contributed by atoms with Gasteiger partial charge in [0.25, 0.3) is 5.91 Å². The van der Waals surface area contributed by atoms with E-state index in [-0.39, 0.29) is 17.3 Å². The first kappa shape index (κ1) is 22.3. The number of carbonyl (C=O) groups is 1. The summed E-state index contributed by atoms with van der Waals surface area (Å²) in [5, 5.41) is 10.1. The Balaban J connectivity index is 1.59. The number of hydrogen-bond donors (Lipinski definition) is 1. The molecular formula is C20H16F5N7O. The maximum absolute atomic E-state index is 14.0. The Morgan fingerprint density at radius 3 is 2.48 bits per heavy atom. The van der Waals surface area contributed by atoms with Crippen LogP contribution in [0.4, 0.5) is 27.9 Å². The van der Waals surface area contributed by atoms with Gasteiger partial charge in [0.15, 0.2) is 11.3 Å². The summed E-state index contributed by atoms with van der Waals surface area (Å²) in [6.45, 7) is 3.58. The molecule has 3 aromatic heterocycles. The summed E-state index contributed by atoms with van der Waals surface area (Å²) in [7, 11) is 0. The van der Waals surface area contributed by atoms with Gasteiger partial charge in [0.1, 0.15) is 12.0 Å². The third-order valence-electron chi connectivity index (χ3n) is 4.82. The van der Waals surface area contributed by atoms with Gasteiger partial charge < -0.3 is 0 Å². The van der Waals surface area contributed by atoms with Gasteiger partial charge in [-0.1, -0.05) is 24.3 Å². The van der Waals surface area contributed by atoms with Crippen LogP contribution in [0, 0.1) is 13.8 Å². The molecule has 8 nitrogen and oxygen atoms in total. The molecule has 0 spiro atoms. The van der Waals surface area contributed by atoms with Gasteiger partial charge in [-0.3, -0.25) is 10.1 Å². The lowest BCUT2D eigenvalue weighted by Gasteiger charge is -2.20. The lowest BCUT2D eigenvalue weighted by molar-refractivity contribution is -0.291.